The van der Waals surface area contributed by atoms with Gasteiger partial charge in [0.25, 0.3) is 0 Å². The first kappa shape index (κ1) is 98.9. The second-order valence-corrected chi connectivity index (χ2v) is 29.2. The van der Waals surface area contributed by atoms with Crippen LogP contribution in [0.15, 0.2) is 146 Å². The van der Waals surface area contributed by atoms with Crippen LogP contribution in [0.5, 0.6) is 0 Å². The smallest absolute Gasteiger partial charge is 0.462 e. The van der Waals surface area contributed by atoms with E-state index in [1.165, 1.54) is 70.6 Å². The molecule has 0 aliphatic rings. The van der Waals surface area contributed by atoms with E-state index in [4.69, 9.17) is 37.0 Å². The second-order valence-electron chi connectivity index (χ2n) is 26.2. The SMILES string of the molecule is CC/C=C\C/C=C\C/C=C\C/C=C\C/C=C\C/C=C\CCC(=O)OCC(COP(=O)(O)OCC(O)COP(=O)(O)OCC(COC(=O)CCCCCC/C=C\C/C=C\C/C=C\C/C=C\CC)OC(=O)CCCCCCC/C=C\C/C=C\CCCCC)OC(=O)CCCCCCCCCCCCCCC. The number of aliphatic hydroxyl groups is 1. The summed E-state index contributed by atoms with van der Waals surface area (Å²) in [6, 6.07) is 0. The molecular formula is C85H142O17P2. The molecule has 0 saturated carbocycles. The number of unbranched alkanes of at least 4 members (excludes halogenated alkanes) is 24. The fraction of sp³-hybridized carbons (Fsp3) is 0.671. The lowest BCUT2D eigenvalue weighted by molar-refractivity contribution is -0.161. The van der Waals surface area contributed by atoms with Crippen LogP contribution in [-0.2, 0) is 65.4 Å². The van der Waals surface area contributed by atoms with Crippen molar-refractivity contribution in [2.75, 3.05) is 39.6 Å². The molecule has 0 amide bonds. The van der Waals surface area contributed by atoms with Gasteiger partial charge < -0.3 is 33.8 Å². The minimum absolute atomic E-state index is 0.0340. The van der Waals surface area contributed by atoms with Crippen molar-refractivity contribution < 1.29 is 80.2 Å². The van der Waals surface area contributed by atoms with Crippen LogP contribution < -0.4 is 0 Å². The number of hydrogen-bond acceptors (Lipinski definition) is 15. The summed E-state index contributed by atoms with van der Waals surface area (Å²) in [5.74, 6) is -2.31. The number of ether oxygens (including phenoxy) is 4. The zero-order valence-electron chi connectivity index (χ0n) is 64.9. The van der Waals surface area contributed by atoms with E-state index in [1.54, 1.807) is 0 Å². The van der Waals surface area contributed by atoms with Crippen molar-refractivity contribution in [1.29, 1.82) is 0 Å². The molecule has 19 heteroatoms. The first-order valence-corrected chi connectivity index (χ1v) is 43.1. The van der Waals surface area contributed by atoms with Crippen LogP contribution in [0.3, 0.4) is 0 Å². The summed E-state index contributed by atoms with van der Waals surface area (Å²) in [6.45, 7) is 4.50. The third-order valence-corrected chi connectivity index (χ3v) is 18.2. The summed E-state index contributed by atoms with van der Waals surface area (Å²) in [7, 11) is -9.99. The van der Waals surface area contributed by atoms with E-state index in [-0.39, 0.29) is 25.7 Å². The van der Waals surface area contributed by atoms with E-state index in [9.17, 15) is 43.2 Å². The Morgan fingerprint density at radius 1 is 0.279 bits per heavy atom. The Labute approximate surface area is 630 Å². The van der Waals surface area contributed by atoms with Crippen LogP contribution in [0.4, 0.5) is 0 Å². The number of allylic oxidation sites excluding steroid dienone is 24. The van der Waals surface area contributed by atoms with Gasteiger partial charge in [0.05, 0.1) is 26.4 Å². The van der Waals surface area contributed by atoms with Crippen LogP contribution in [0.25, 0.3) is 0 Å². The van der Waals surface area contributed by atoms with Crippen LogP contribution in [-0.4, -0.2) is 96.7 Å². The van der Waals surface area contributed by atoms with E-state index in [1.807, 2.05) is 18.2 Å². The average molecular weight is 1500 g/mol. The lowest BCUT2D eigenvalue weighted by Gasteiger charge is -2.21. The van der Waals surface area contributed by atoms with Gasteiger partial charge in [0.1, 0.15) is 19.3 Å². The molecule has 0 aliphatic heterocycles. The molecule has 5 atom stereocenters. The number of rotatable bonds is 74. The molecule has 0 spiro atoms. The van der Waals surface area contributed by atoms with Crippen LogP contribution in [0.1, 0.15) is 310 Å². The summed E-state index contributed by atoms with van der Waals surface area (Å²) >= 11 is 0. The molecule has 0 aromatic heterocycles. The Morgan fingerprint density at radius 2 is 0.519 bits per heavy atom. The maximum Gasteiger partial charge on any atom is 0.472 e. The molecule has 17 nitrogen and oxygen atoms in total. The van der Waals surface area contributed by atoms with Crippen LogP contribution in [0.2, 0.25) is 0 Å². The normalized spacial score (nSPS) is 14.6. The Balaban J connectivity index is 5.44. The molecule has 0 saturated heterocycles. The molecule has 0 bridgehead atoms. The highest BCUT2D eigenvalue weighted by molar-refractivity contribution is 7.47. The van der Waals surface area contributed by atoms with Gasteiger partial charge in [0.15, 0.2) is 12.2 Å². The third-order valence-electron chi connectivity index (χ3n) is 16.3. The number of hydrogen-bond donors (Lipinski definition) is 3. The van der Waals surface area contributed by atoms with Crippen molar-refractivity contribution in [3.8, 4) is 0 Å². The highest BCUT2D eigenvalue weighted by atomic mass is 31.2. The van der Waals surface area contributed by atoms with Crippen molar-refractivity contribution in [2.24, 2.45) is 0 Å². The van der Waals surface area contributed by atoms with Gasteiger partial charge in [-0.2, -0.15) is 0 Å². The van der Waals surface area contributed by atoms with E-state index in [0.29, 0.717) is 32.1 Å². The first-order chi connectivity index (χ1) is 50.7. The van der Waals surface area contributed by atoms with Crippen LogP contribution in [0, 0.1) is 0 Å². The Morgan fingerprint density at radius 3 is 0.846 bits per heavy atom. The zero-order chi connectivity index (χ0) is 76.0. The largest absolute Gasteiger partial charge is 0.472 e. The van der Waals surface area contributed by atoms with Gasteiger partial charge in [0, 0.05) is 25.7 Å². The summed E-state index contributed by atoms with van der Waals surface area (Å²) in [5, 5.41) is 10.6. The molecule has 3 N–H and O–H groups in total. The van der Waals surface area contributed by atoms with Gasteiger partial charge in [-0.25, -0.2) is 9.13 Å². The molecule has 594 valence electrons. The van der Waals surface area contributed by atoms with Crippen molar-refractivity contribution in [1.82, 2.24) is 0 Å². The predicted molar refractivity (Wildman–Crippen MR) is 427 cm³/mol. The summed E-state index contributed by atoms with van der Waals surface area (Å²) < 4.78 is 68.5. The van der Waals surface area contributed by atoms with Gasteiger partial charge in [-0.15, -0.1) is 0 Å². The standard InChI is InChI=1S/C85H142O17P2/c1-5-9-13-17-21-25-29-33-36-38-39-41-44-47-50-54-58-62-66-70-83(88)95-75-80(101-84(89)71-67-63-59-55-51-45-32-28-24-20-16-12-8-4)77-99-103(91,92)97-73-79(86)74-98-104(93,94)100-78-81(102-85(90)72-68-64-60-56-52-48-42-35-31-27-23-19-15-11-7-3)76-96-82(87)69-65-61-57-53-49-46-43-40-37-34-30-26-22-18-14-10-6-2/h9-10,13-14,21-23,25-27,33-37,39,41-43,46-47,50,58,62,79-81,86H,5-8,11-12,15-20,24,28-32,38,40,44-45,48-49,51-57,59-61,63-78H2,1-4H3,(H,91,92)(H,93,94)/b13-9-,14-10-,25-21-,26-22-,27-23-,36-33-,37-34-,41-39-,42-35-,46-43-,50-47-,62-58-. The molecule has 104 heavy (non-hydrogen) atoms. The molecule has 0 aliphatic carbocycles. The molecule has 0 heterocycles. The summed E-state index contributed by atoms with van der Waals surface area (Å²) in [5.41, 5.74) is 0. The van der Waals surface area contributed by atoms with Gasteiger partial charge in [0.2, 0.25) is 0 Å². The second kappa shape index (κ2) is 76.1. The van der Waals surface area contributed by atoms with E-state index >= 15 is 0 Å². The highest BCUT2D eigenvalue weighted by Gasteiger charge is 2.30. The van der Waals surface area contributed by atoms with Crippen LogP contribution >= 0.6 is 15.6 Å². The summed E-state index contributed by atoms with van der Waals surface area (Å²) in [4.78, 5) is 73.0. The van der Waals surface area contributed by atoms with Gasteiger partial charge in [-0.05, 0) is 135 Å². The molecule has 0 rings (SSSR count). The minimum atomic E-state index is -5.00. The molecule has 0 fully saturated rings. The lowest BCUT2D eigenvalue weighted by Crippen LogP contribution is -2.30. The van der Waals surface area contributed by atoms with Crippen molar-refractivity contribution >= 4 is 39.5 Å². The Kier molecular flexibility index (Phi) is 72.4. The average Bonchev–Trinajstić information content (AvgIpc) is 0.939. The Hall–Kier alpha value is -5.06. The monoisotopic (exact) mass is 1500 g/mol. The number of phosphoric acid groups is 2. The van der Waals surface area contributed by atoms with E-state index < -0.39 is 97.5 Å². The molecule has 0 radical (unpaired) electrons. The number of phosphoric ester groups is 2. The van der Waals surface area contributed by atoms with Gasteiger partial charge in [-0.3, -0.25) is 37.3 Å². The molecular weight excluding hydrogens is 1350 g/mol. The number of esters is 4. The summed E-state index contributed by atoms with van der Waals surface area (Å²) in [6.07, 6.45) is 86.9. The maximum absolute atomic E-state index is 13.1. The first-order valence-electron chi connectivity index (χ1n) is 40.1. The van der Waals surface area contributed by atoms with Gasteiger partial charge >= 0.3 is 39.5 Å². The third kappa shape index (κ3) is 75.2. The minimum Gasteiger partial charge on any atom is -0.462 e. The number of carbonyl (C=O) groups excluding carboxylic acids is 4. The highest BCUT2D eigenvalue weighted by Crippen LogP contribution is 2.45. The van der Waals surface area contributed by atoms with Crippen molar-refractivity contribution in [3.63, 3.8) is 0 Å². The van der Waals surface area contributed by atoms with Gasteiger partial charge in [-0.1, -0.05) is 296 Å². The zero-order valence-corrected chi connectivity index (χ0v) is 66.7. The topological polar surface area (TPSA) is 237 Å². The lowest BCUT2D eigenvalue weighted by atomic mass is 10.0. The Bertz CT molecular complexity index is 2540. The molecule has 5 unspecified atom stereocenters. The van der Waals surface area contributed by atoms with E-state index in [0.717, 1.165) is 154 Å². The fourth-order valence-corrected chi connectivity index (χ4v) is 11.8. The van der Waals surface area contributed by atoms with Crippen molar-refractivity contribution in [2.45, 2.75) is 329 Å². The molecule has 0 aromatic rings. The maximum atomic E-state index is 13.1. The number of carbonyl (C=O) groups is 4. The fourth-order valence-electron chi connectivity index (χ4n) is 10.3. The quantitative estimate of drug-likeness (QED) is 0.0169. The molecule has 0 aromatic carbocycles. The predicted octanol–water partition coefficient (Wildman–Crippen LogP) is 23.4. The van der Waals surface area contributed by atoms with E-state index in [2.05, 4.69) is 155 Å². The number of aliphatic hydroxyl groups excluding tert-OH is 1. The van der Waals surface area contributed by atoms with Crippen molar-refractivity contribution in [3.05, 3.63) is 146 Å².